The molecule has 6 nitrogen and oxygen atoms in total. The molecule has 1 aliphatic rings. The summed E-state index contributed by atoms with van der Waals surface area (Å²) in [6, 6.07) is 0. The summed E-state index contributed by atoms with van der Waals surface area (Å²) in [4.78, 5) is 29.3. The number of amides is 1. The number of carboxylic acids is 1. The normalized spacial score (nSPS) is 23.1. The smallest absolute Gasteiger partial charge is 0.311 e. The van der Waals surface area contributed by atoms with Crippen molar-refractivity contribution in [2.45, 2.75) is 20.3 Å². The Labute approximate surface area is 121 Å². The number of carbonyl (C=O) groups excluding carboxylic acids is 1. The number of carboxylic acid groups (broad SMARTS) is 1. The van der Waals surface area contributed by atoms with Crippen LogP contribution in [0.15, 0.2) is 11.6 Å². The van der Waals surface area contributed by atoms with E-state index in [1.165, 1.54) is 11.3 Å². The fourth-order valence-electron chi connectivity index (χ4n) is 2.59. The maximum absolute atomic E-state index is 11.9. The van der Waals surface area contributed by atoms with E-state index in [1.807, 2.05) is 18.7 Å². The van der Waals surface area contributed by atoms with Crippen LogP contribution in [0, 0.1) is 11.3 Å². The van der Waals surface area contributed by atoms with E-state index in [-0.39, 0.29) is 18.4 Å². The van der Waals surface area contributed by atoms with Gasteiger partial charge in [0.1, 0.15) is 0 Å². The molecular weight excluding hydrogens is 278 g/mol. The second kappa shape index (κ2) is 5.88. The summed E-state index contributed by atoms with van der Waals surface area (Å²) in [5.41, 5.74) is -0.735. The molecule has 7 heteroatoms. The number of thiazole rings is 1. The number of hydrogen-bond acceptors (Lipinski definition) is 5. The highest BCUT2D eigenvalue weighted by Gasteiger charge is 2.47. The van der Waals surface area contributed by atoms with Crippen molar-refractivity contribution < 1.29 is 14.7 Å². The zero-order valence-electron chi connectivity index (χ0n) is 11.6. The van der Waals surface area contributed by atoms with Gasteiger partial charge < -0.3 is 10.4 Å². The van der Waals surface area contributed by atoms with Crippen LogP contribution in [0.2, 0.25) is 0 Å². The lowest BCUT2D eigenvalue weighted by molar-refractivity contribution is -0.151. The molecule has 1 atom stereocenters. The fourth-order valence-corrected chi connectivity index (χ4v) is 3.13. The summed E-state index contributed by atoms with van der Waals surface area (Å²) >= 11 is 1.36. The molecule has 0 radical (unpaired) electrons. The molecule has 20 heavy (non-hydrogen) atoms. The first-order valence-corrected chi connectivity index (χ1v) is 7.47. The largest absolute Gasteiger partial charge is 0.481 e. The summed E-state index contributed by atoms with van der Waals surface area (Å²) in [5.74, 6) is -0.868. The van der Waals surface area contributed by atoms with Crippen LogP contribution in [0.25, 0.3) is 0 Å². The summed E-state index contributed by atoms with van der Waals surface area (Å²) in [6.07, 6.45) is 2.22. The van der Waals surface area contributed by atoms with Crippen LogP contribution in [0.4, 0.5) is 5.13 Å². The lowest BCUT2D eigenvalue weighted by Gasteiger charge is -2.28. The van der Waals surface area contributed by atoms with Gasteiger partial charge in [-0.3, -0.25) is 14.5 Å². The minimum Gasteiger partial charge on any atom is -0.481 e. The summed E-state index contributed by atoms with van der Waals surface area (Å²) in [7, 11) is 0. The van der Waals surface area contributed by atoms with Crippen LogP contribution in [-0.2, 0) is 9.59 Å². The van der Waals surface area contributed by atoms with Crippen LogP contribution >= 0.6 is 11.3 Å². The molecule has 0 aromatic carbocycles. The Hall–Kier alpha value is -1.47. The van der Waals surface area contributed by atoms with Crippen molar-refractivity contribution in [1.82, 2.24) is 9.88 Å². The third kappa shape index (κ3) is 2.99. The van der Waals surface area contributed by atoms with Crippen molar-refractivity contribution in [3.63, 3.8) is 0 Å². The first-order valence-electron chi connectivity index (χ1n) is 6.59. The Balaban J connectivity index is 1.92. The van der Waals surface area contributed by atoms with Crippen molar-refractivity contribution in [3.05, 3.63) is 11.6 Å². The molecule has 0 spiro atoms. The Morgan fingerprint density at radius 3 is 2.85 bits per heavy atom. The second-order valence-corrected chi connectivity index (χ2v) is 6.36. The Morgan fingerprint density at radius 1 is 1.60 bits per heavy atom. The molecule has 0 saturated carbocycles. The number of likely N-dealkylation sites (tertiary alicyclic amines) is 1. The minimum absolute atomic E-state index is 0.0482. The molecule has 1 fully saturated rings. The van der Waals surface area contributed by atoms with Gasteiger partial charge in [0.2, 0.25) is 5.91 Å². The van der Waals surface area contributed by atoms with Crippen molar-refractivity contribution in [2.75, 3.05) is 25.0 Å². The predicted octanol–water partition coefficient (Wildman–Crippen LogP) is 1.51. The highest BCUT2D eigenvalue weighted by atomic mass is 32.1. The van der Waals surface area contributed by atoms with Gasteiger partial charge in [0, 0.05) is 18.1 Å². The van der Waals surface area contributed by atoms with Gasteiger partial charge in [0.05, 0.1) is 12.0 Å². The molecule has 1 aliphatic heterocycles. The number of aromatic nitrogens is 1. The van der Waals surface area contributed by atoms with Gasteiger partial charge in [-0.25, -0.2) is 4.98 Å². The van der Waals surface area contributed by atoms with Gasteiger partial charge in [0.15, 0.2) is 5.13 Å². The van der Waals surface area contributed by atoms with Crippen LogP contribution in [0.3, 0.4) is 0 Å². The molecule has 110 valence electrons. The molecule has 1 aromatic rings. The van der Waals surface area contributed by atoms with Crippen molar-refractivity contribution in [1.29, 1.82) is 0 Å². The van der Waals surface area contributed by atoms with E-state index in [4.69, 9.17) is 0 Å². The highest BCUT2D eigenvalue weighted by Crippen LogP contribution is 2.37. The van der Waals surface area contributed by atoms with Crippen LogP contribution in [0.1, 0.15) is 20.3 Å². The monoisotopic (exact) mass is 297 g/mol. The maximum atomic E-state index is 11.9. The average Bonchev–Trinajstić information content (AvgIpc) is 2.98. The molecular formula is C13H19N3O3S. The number of hydrogen-bond donors (Lipinski definition) is 2. The maximum Gasteiger partial charge on any atom is 0.311 e. The second-order valence-electron chi connectivity index (χ2n) is 5.46. The third-order valence-electron chi connectivity index (χ3n) is 3.96. The quantitative estimate of drug-likeness (QED) is 0.861. The lowest BCUT2D eigenvalue weighted by Crippen LogP contribution is -2.40. The molecule has 2 heterocycles. The van der Waals surface area contributed by atoms with Gasteiger partial charge in [0.25, 0.3) is 0 Å². The molecule has 0 bridgehead atoms. The average molecular weight is 297 g/mol. The van der Waals surface area contributed by atoms with E-state index in [1.54, 1.807) is 11.6 Å². The topological polar surface area (TPSA) is 82.5 Å². The van der Waals surface area contributed by atoms with Crippen molar-refractivity contribution in [2.24, 2.45) is 11.3 Å². The molecule has 2 rings (SSSR count). The Bertz CT molecular complexity index is 489. The first-order chi connectivity index (χ1) is 9.44. The standard InChI is InChI=1S/C13H19N3O3S/c1-9(2)13(11(18)19)3-5-16(8-13)7-10(17)15-12-14-4-6-20-12/h4,6,9H,3,5,7-8H2,1-2H3,(H,18,19)(H,14,15,17). The zero-order chi connectivity index (χ0) is 14.8. The molecule has 1 unspecified atom stereocenters. The number of anilines is 1. The minimum atomic E-state index is -0.768. The molecule has 1 aromatic heterocycles. The van der Waals surface area contributed by atoms with Gasteiger partial charge in [-0.05, 0) is 18.9 Å². The van der Waals surface area contributed by atoms with Crippen molar-refractivity contribution >= 4 is 28.3 Å². The van der Waals surface area contributed by atoms with E-state index in [9.17, 15) is 14.7 Å². The fraction of sp³-hybridized carbons (Fsp3) is 0.615. The first kappa shape index (κ1) is 14.9. The van der Waals surface area contributed by atoms with Crippen LogP contribution < -0.4 is 5.32 Å². The SMILES string of the molecule is CC(C)C1(C(=O)O)CCN(CC(=O)Nc2nccs2)C1. The predicted molar refractivity (Wildman–Crippen MR) is 76.7 cm³/mol. The molecule has 1 saturated heterocycles. The highest BCUT2D eigenvalue weighted by molar-refractivity contribution is 7.13. The summed E-state index contributed by atoms with van der Waals surface area (Å²) < 4.78 is 0. The Kier molecular flexibility index (Phi) is 4.39. The van der Waals surface area contributed by atoms with Crippen LogP contribution in [0.5, 0.6) is 0 Å². The van der Waals surface area contributed by atoms with E-state index in [0.29, 0.717) is 24.6 Å². The van der Waals surface area contributed by atoms with Crippen LogP contribution in [-0.4, -0.2) is 46.5 Å². The summed E-state index contributed by atoms with van der Waals surface area (Å²) in [5, 5.41) is 14.5. The summed E-state index contributed by atoms with van der Waals surface area (Å²) in [6.45, 7) is 5.11. The lowest BCUT2D eigenvalue weighted by atomic mass is 9.76. The van der Waals surface area contributed by atoms with Gasteiger partial charge in [-0.15, -0.1) is 11.3 Å². The number of nitrogens with zero attached hydrogens (tertiary/aromatic N) is 2. The van der Waals surface area contributed by atoms with Crippen molar-refractivity contribution in [3.8, 4) is 0 Å². The third-order valence-corrected chi connectivity index (χ3v) is 4.65. The van der Waals surface area contributed by atoms with E-state index < -0.39 is 11.4 Å². The van der Waals surface area contributed by atoms with Gasteiger partial charge in [-0.1, -0.05) is 13.8 Å². The van der Waals surface area contributed by atoms with Gasteiger partial charge in [-0.2, -0.15) is 0 Å². The molecule has 2 N–H and O–H groups in total. The van der Waals surface area contributed by atoms with E-state index >= 15 is 0 Å². The number of carbonyl (C=O) groups is 2. The molecule has 0 aliphatic carbocycles. The van der Waals surface area contributed by atoms with Gasteiger partial charge >= 0.3 is 5.97 Å². The number of rotatable bonds is 5. The van der Waals surface area contributed by atoms with E-state index in [0.717, 1.165) is 0 Å². The van der Waals surface area contributed by atoms with E-state index in [2.05, 4.69) is 10.3 Å². The zero-order valence-corrected chi connectivity index (χ0v) is 12.4. The number of nitrogens with one attached hydrogen (secondary N) is 1. The number of aliphatic carboxylic acids is 1. The molecule has 1 amide bonds. The Morgan fingerprint density at radius 2 is 2.35 bits per heavy atom.